The summed E-state index contributed by atoms with van der Waals surface area (Å²) in [7, 11) is 1.40. The van der Waals surface area contributed by atoms with Crippen LogP contribution in [-0.4, -0.2) is 60.8 Å². The fourth-order valence-electron chi connectivity index (χ4n) is 6.02. The molecule has 0 unspecified atom stereocenters. The number of likely N-dealkylation sites (tertiary alicyclic amines) is 2. The molecule has 2 aliphatic heterocycles. The highest BCUT2D eigenvalue weighted by Gasteiger charge is 2.76. The maximum absolute atomic E-state index is 14.4. The Kier molecular flexibility index (Phi) is 5.02. The van der Waals surface area contributed by atoms with Gasteiger partial charge in [-0.25, -0.2) is 4.39 Å². The molecule has 4 aliphatic rings. The Morgan fingerprint density at radius 3 is 2.52 bits per heavy atom. The minimum Gasteiger partial charge on any atom is -0.505 e. The lowest BCUT2D eigenvalue weighted by Crippen LogP contribution is -2.60. The molecule has 7 nitrogen and oxygen atoms in total. The van der Waals surface area contributed by atoms with Crippen LogP contribution < -0.4 is 0 Å². The number of phenols is 1. The van der Waals surface area contributed by atoms with Crippen LogP contribution >= 0.6 is 39.1 Å². The highest BCUT2D eigenvalue weighted by Crippen LogP contribution is 2.66. The number of nitrogens with zero attached hydrogens (tertiary/aromatic N) is 2. The van der Waals surface area contributed by atoms with E-state index in [9.17, 15) is 28.7 Å². The lowest BCUT2D eigenvalue weighted by Gasteiger charge is -2.50. The quantitative estimate of drug-likeness (QED) is 0.260. The zero-order chi connectivity index (χ0) is 24.0. The number of hydrogen-bond donors (Lipinski definition) is 1. The van der Waals surface area contributed by atoms with Gasteiger partial charge in [-0.3, -0.25) is 29.0 Å². The maximum Gasteiger partial charge on any atom is 0.254 e. The summed E-state index contributed by atoms with van der Waals surface area (Å²) in [5.41, 5.74) is 0.329. The molecular weight excluding hydrogens is 542 g/mol. The third kappa shape index (κ3) is 2.61. The van der Waals surface area contributed by atoms with Crippen molar-refractivity contribution in [2.24, 2.45) is 17.8 Å². The Hall–Kier alpha value is -1.97. The molecule has 1 saturated carbocycles. The van der Waals surface area contributed by atoms with E-state index in [2.05, 4.69) is 15.9 Å². The topological polar surface area (TPSA) is 95.0 Å². The van der Waals surface area contributed by atoms with Gasteiger partial charge in [0.15, 0.2) is 21.3 Å². The van der Waals surface area contributed by atoms with Crippen LogP contribution in [0.4, 0.5) is 4.39 Å². The molecule has 2 saturated heterocycles. The number of amides is 4. The number of carbonyl (C=O) groups excluding carboxylic acids is 4. The molecule has 3 fully saturated rings. The molecular formula is C22H18BrCl2FN2O5. The average molecular weight is 560 g/mol. The summed E-state index contributed by atoms with van der Waals surface area (Å²) in [6.45, 7) is 0. The van der Waals surface area contributed by atoms with E-state index < -0.39 is 62.7 Å². The van der Waals surface area contributed by atoms with Crippen LogP contribution in [0.15, 0.2) is 29.8 Å². The van der Waals surface area contributed by atoms with Crippen LogP contribution in [0.2, 0.25) is 0 Å². The van der Waals surface area contributed by atoms with Crippen molar-refractivity contribution >= 4 is 62.8 Å². The van der Waals surface area contributed by atoms with Crippen LogP contribution in [0.5, 0.6) is 5.75 Å². The summed E-state index contributed by atoms with van der Waals surface area (Å²) in [5, 5.41) is 10.6. The fourth-order valence-corrected chi connectivity index (χ4v) is 7.44. The van der Waals surface area contributed by atoms with E-state index in [0.717, 1.165) is 15.9 Å². The summed E-state index contributed by atoms with van der Waals surface area (Å²) in [6, 6.07) is 3.83. The lowest BCUT2D eigenvalue weighted by atomic mass is 9.56. The van der Waals surface area contributed by atoms with E-state index in [-0.39, 0.29) is 29.8 Å². The molecule has 4 amide bonds. The Balaban J connectivity index is 1.78. The number of fused-ring (bicyclic) bond motifs is 4. The molecule has 11 heteroatoms. The lowest BCUT2D eigenvalue weighted by molar-refractivity contribution is -0.140. The van der Waals surface area contributed by atoms with Gasteiger partial charge in [0.25, 0.3) is 11.8 Å². The summed E-state index contributed by atoms with van der Waals surface area (Å²) in [6.07, 6.45) is 1.78. The molecule has 0 spiro atoms. The van der Waals surface area contributed by atoms with Gasteiger partial charge in [-0.1, -0.05) is 39.7 Å². The van der Waals surface area contributed by atoms with E-state index in [4.69, 9.17) is 23.2 Å². The monoisotopic (exact) mass is 558 g/mol. The van der Waals surface area contributed by atoms with Gasteiger partial charge in [0, 0.05) is 18.5 Å². The first-order valence-corrected chi connectivity index (χ1v) is 12.2. The summed E-state index contributed by atoms with van der Waals surface area (Å²) in [5.74, 6) is -7.20. The number of allylic oxidation sites excluding steroid dienone is 2. The highest BCUT2D eigenvalue weighted by molar-refractivity contribution is 9.09. The van der Waals surface area contributed by atoms with Gasteiger partial charge in [-0.05, 0) is 24.8 Å². The first-order valence-electron chi connectivity index (χ1n) is 10.3. The number of rotatable bonds is 2. The zero-order valence-electron chi connectivity index (χ0n) is 17.2. The van der Waals surface area contributed by atoms with Crippen LogP contribution in [0, 0.1) is 23.6 Å². The minimum atomic E-state index is -2.07. The van der Waals surface area contributed by atoms with E-state index in [1.165, 1.54) is 19.2 Å². The number of carbonyl (C=O) groups is 4. The van der Waals surface area contributed by atoms with E-state index in [1.54, 1.807) is 6.08 Å². The Morgan fingerprint density at radius 1 is 1.15 bits per heavy atom. The highest BCUT2D eigenvalue weighted by atomic mass is 79.9. The third-order valence-electron chi connectivity index (χ3n) is 7.56. The van der Waals surface area contributed by atoms with Gasteiger partial charge in [0.1, 0.15) is 0 Å². The number of benzene rings is 1. The predicted molar refractivity (Wildman–Crippen MR) is 119 cm³/mol. The van der Waals surface area contributed by atoms with Crippen molar-refractivity contribution in [3.8, 4) is 5.75 Å². The Morgan fingerprint density at radius 2 is 1.85 bits per heavy atom. The SMILES string of the molecule is CN1C(=O)[C@H]2[C@H](CC=C3[C@H]2C[C@@]2(Cl)C(=O)N(CBr)C(=O)[C@@]2(Cl)[C@H]3c2cccc(F)c2O)C1=O. The number of para-hydroxylation sites is 1. The van der Waals surface area contributed by atoms with Crippen LogP contribution in [0.3, 0.4) is 0 Å². The van der Waals surface area contributed by atoms with Crippen LogP contribution in [0.1, 0.15) is 24.3 Å². The molecule has 6 atom stereocenters. The average Bonchev–Trinajstić information content (AvgIpc) is 3.09. The number of alkyl halides is 3. The van der Waals surface area contributed by atoms with Gasteiger partial charge >= 0.3 is 0 Å². The smallest absolute Gasteiger partial charge is 0.254 e. The number of hydrogen-bond acceptors (Lipinski definition) is 5. The molecule has 0 radical (unpaired) electrons. The molecule has 2 aliphatic carbocycles. The third-order valence-corrected chi connectivity index (χ3v) is 9.48. The van der Waals surface area contributed by atoms with E-state index in [0.29, 0.717) is 5.57 Å². The van der Waals surface area contributed by atoms with Crippen molar-refractivity contribution in [1.29, 1.82) is 0 Å². The van der Waals surface area contributed by atoms with Crippen LogP contribution in [-0.2, 0) is 19.2 Å². The minimum absolute atomic E-state index is 0.00729. The van der Waals surface area contributed by atoms with E-state index in [1.807, 2.05) is 0 Å². The standard InChI is InChI=1S/C22H18BrCl2FN2O5/c1-27-17(30)10-6-5-9-12(14(10)18(27)31)7-21(24)19(32)28(8-23)20(33)22(21,25)15(9)11-3-2-4-13(26)16(11)29/h2-5,10,12,14-15,29H,6-8H2,1H3/t10-,12+,14-,15+,21+,22-/m0/s1. The molecule has 2 heterocycles. The zero-order valence-corrected chi connectivity index (χ0v) is 20.3. The normalized spacial score (nSPS) is 37.8. The molecule has 1 N–H and O–H groups in total. The number of aromatic hydroxyl groups is 1. The summed E-state index contributed by atoms with van der Waals surface area (Å²) >= 11 is 17.1. The molecule has 0 aromatic heterocycles. The second-order valence-corrected chi connectivity index (χ2v) is 10.6. The number of imide groups is 2. The first-order chi connectivity index (χ1) is 15.5. The second-order valence-electron chi connectivity index (χ2n) is 8.90. The molecule has 174 valence electrons. The van der Waals surface area contributed by atoms with Gasteiger partial charge < -0.3 is 5.11 Å². The van der Waals surface area contributed by atoms with Crippen molar-refractivity contribution < 1.29 is 28.7 Å². The van der Waals surface area contributed by atoms with Gasteiger partial charge in [-0.15, -0.1) is 23.2 Å². The summed E-state index contributed by atoms with van der Waals surface area (Å²) < 4.78 is 14.4. The first kappa shape index (κ1) is 22.8. The Bertz CT molecular complexity index is 1180. The summed E-state index contributed by atoms with van der Waals surface area (Å²) in [4.78, 5) is 50.4. The second kappa shape index (κ2) is 7.26. The van der Waals surface area contributed by atoms with Crippen molar-refractivity contribution in [3.63, 3.8) is 0 Å². The maximum atomic E-state index is 14.4. The van der Waals surface area contributed by atoms with Gasteiger partial charge in [-0.2, -0.15) is 0 Å². The molecule has 1 aromatic carbocycles. The molecule has 1 aromatic rings. The van der Waals surface area contributed by atoms with Crippen molar-refractivity contribution in [3.05, 3.63) is 41.2 Å². The van der Waals surface area contributed by atoms with E-state index >= 15 is 0 Å². The molecule has 5 rings (SSSR count). The van der Waals surface area contributed by atoms with Crippen molar-refractivity contribution in [1.82, 2.24) is 9.80 Å². The van der Waals surface area contributed by atoms with Crippen LogP contribution in [0.25, 0.3) is 0 Å². The fraction of sp³-hybridized carbons (Fsp3) is 0.455. The van der Waals surface area contributed by atoms with Gasteiger partial charge in [0.2, 0.25) is 11.8 Å². The van der Waals surface area contributed by atoms with Gasteiger partial charge in [0.05, 0.1) is 17.3 Å². The molecule has 33 heavy (non-hydrogen) atoms. The Labute approximate surface area is 206 Å². The largest absolute Gasteiger partial charge is 0.505 e. The molecule has 0 bridgehead atoms. The predicted octanol–water partition coefficient (Wildman–Crippen LogP) is 2.87. The number of phenolic OH excluding ortho intramolecular Hbond substituents is 1. The van der Waals surface area contributed by atoms with Crippen molar-refractivity contribution in [2.45, 2.75) is 28.5 Å². The van der Waals surface area contributed by atoms with Crippen molar-refractivity contribution in [2.75, 3.05) is 12.5 Å². The number of halogens is 4.